The average Bonchev–Trinajstić information content (AvgIpc) is 3.48. The molecule has 0 spiro atoms. The second-order valence-electron chi connectivity index (χ2n) is 10.6. The summed E-state index contributed by atoms with van der Waals surface area (Å²) in [6, 6.07) is 18.2. The molecule has 0 saturated carbocycles. The molecule has 1 N–H and O–H groups in total. The maximum Gasteiger partial charge on any atom is 0.295 e. The number of aliphatic hydroxyl groups is 1. The number of amides is 1. The lowest BCUT2D eigenvalue weighted by Gasteiger charge is -2.26. The van der Waals surface area contributed by atoms with Crippen LogP contribution in [0.3, 0.4) is 0 Å². The highest BCUT2D eigenvalue weighted by Gasteiger charge is 2.46. The number of rotatable bonds is 11. The Balaban J connectivity index is 1.60. The molecular formula is C34H37N3O5. The minimum atomic E-state index is -0.831. The Morgan fingerprint density at radius 2 is 1.79 bits per heavy atom. The minimum absolute atomic E-state index is 0.0101. The number of fused-ring (bicyclic) bond motifs is 1. The summed E-state index contributed by atoms with van der Waals surface area (Å²) in [6.07, 6.45) is 5.50. The third-order valence-electron chi connectivity index (χ3n) is 7.84. The number of ketones is 1. The molecule has 1 saturated heterocycles. The van der Waals surface area contributed by atoms with Crippen LogP contribution in [0.5, 0.6) is 11.5 Å². The number of carbonyl (C=O) groups is 2. The first-order chi connectivity index (χ1) is 20.3. The number of hydrogen-bond donors (Lipinski definition) is 1. The lowest BCUT2D eigenvalue weighted by molar-refractivity contribution is -0.139. The maximum atomic E-state index is 13.6. The maximum absolute atomic E-state index is 13.6. The third kappa shape index (κ3) is 5.49. The Morgan fingerprint density at radius 3 is 2.50 bits per heavy atom. The molecule has 1 aliphatic rings. The van der Waals surface area contributed by atoms with Gasteiger partial charge in [0.15, 0.2) is 17.3 Å². The number of Topliss-reactive ketones (excluding diaryl/α,β-unsaturated/α-hetero) is 1. The van der Waals surface area contributed by atoms with E-state index in [2.05, 4.69) is 11.9 Å². The van der Waals surface area contributed by atoms with Gasteiger partial charge in [-0.15, -0.1) is 0 Å². The Kier molecular flexibility index (Phi) is 8.61. The van der Waals surface area contributed by atoms with Gasteiger partial charge in [-0.3, -0.25) is 9.59 Å². The summed E-state index contributed by atoms with van der Waals surface area (Å²) in [5, 5.41) is 11.7. The molecule has 1 amide bonds. The van der Waals surface area contributed by atoms with Gasteiger partial charge in [-0.25, -0.2) is 4.98 Å². The molecule has 1 atom stereocenters. The highest BCUT2D eigenvalue weighted by molar-refractivity contribution is 6.46. The van der Waals surface area contributed by atoms with Gasteiger partial charge in [0.25, 0.3) is 11.7 Å². The molecule has 1 fully saturated rings. The van der Waals surface area contributed by atoms with Gasteiger partial charge in [-0.05, 0) is 61.6 Å². The Morgan fingerprint density at radius 1 is 1.00 bits per heavy atom. The van der Waals surface area contributed by atoms with Gasteiger partial charge >= 0.3 is 0 Å². The highest BCUT2D eigenvalue weighted by Crippen LogP contribution is 2.42. The molecule has 5 rings (SSSR count). The fourth-order valence-electron chi connectivity index (χ4n) is 5.53. The van der Waals surface area contributed by atoms with Crippen molar-refractivity contribution in [2.75, 3.05) is 20.3 Å². The van der Waals surface area contributed by atoms with Crippen molar-refractivity contribution >= 4 is 23.1 Å². The molecule has 42 heavy (non-hydrogen) atoms. The number of carbonyl (C=O) groups excluding carboxylic acids is 2. The zero-order valence-corrected chi connectivity index (χ0v) is 24.6. The molecule has 218 valence electrons. The number of imidazole rings is 1. The van der Waals surface area contributed by atoms with Crippen molar-refractivity contribution in [3.63, 3.8) is 0 Å². The normalized spacial score (nSPS) is 16.4. The van der Waals surface area contributed by atoms with Gasteiger partial charge in [0.05, 0.1) is 31.0 Å². The van der Waals surface area contributed by atoms with Crippen LogP contribution in [0, 0.1) is 13.8 Å². The number of aliphatic hydroxyl groups excluding tert-OH is 1. The fourth-order valence-corrected chi connectivity index (χ4v) is 5.53. The number of pyridine rings is 1. The highest BCUT2D eigenvalue weighted by atomic mass is 16.5. The van der Waals surface area contributed by atoms with Gasteiger partial charge < -0.3 is 23.9 Å². The van der Waals surface area contributed by atoms with Crippen molar-refractivity contribution in [3.05, 3.63) is 101 Å². The van der Waals surface area contributed by atoms with Crippen molar-refractivity contribution in [1.29, 1.82) is 0 Å². The lowest BCUT2D eigenvalue weighted by Crippen LogP contribution is -2.31. The van der Waals surface area contributed by atoms with Crippen molar-refractivity contribution in [3.8, 4) is 11.5 Å². The van der Waals surface area contributed by atoms with Crippen LogP contribution in [0.1, 0.15) is 60.3 Å². The quantitative estimate of drug-likeness (QED) is 0.101. The summed E-state index contributed by atoms with van der Waals surface area (Å²) >= 11 is 0. The van der Waals surface area contributed by atoms with Crippen LogP contribution in [0.15, 0.2) is 72.4 Å². The van der Waals surface area contributed by atoms with Crippen LogP contribution in [-0.4, -0.2) is 51.3 Å². The molecule has 8 heteroatoms. The SMILES string of the molecule is CCCCCOc1ccc(C2C(=C(O)c3nc4c(C)cccn4c3C)C(=O)C(=O)N2CCc2ccccc2)cc1OC. The zero-order valence-electron chi connectivity index (χ0n) is 24.6. The van der Waals surface area contributed by atoms with E-state index >= 15 is 0 Å². The van der Waals surface area contributed by atoms with E-state index in [9.17, 15) is 14.7 Å². The summed E-state index contributed by atoms with van der Waals surface area (Å²) in [7, 11) is 1.56. The van der Waals surface area contributed by atoms with E-state index in [4.69, 9.17) is 9.47 Å². The van der Waals surface area contributed by atoms with Crippen LogP contribution in [-0.2, 0) is 16.0 Å². The van der Waals surface area contributed by atoms with Gasteiger partial charge in [0, 0.05) is 12.7 Å². The predicted octanol–water partition coefficient (Wildman–Crippen LogP) is 6.19. The van der Waals surface area contributed by atoms with Crippen LogP contribution < -0.4 is 9.47 Å². The predicted molar refractivity (Wildman–Crippen MR) is 162 cm³/mol. The number of unbranched alkanes of at least 4 members (excludes halogenated alkanes) is 2. The van der Waals surface area contributed by atoms with E-state index in [0.29, 0.717) is 41.4 Å². The molecule has 8 nitrogen and oxygen atoms in total. The molecule has 0 aliphatic carbocycles. The molecule has 1 unspecified atom stereocenters. The molecule has 2 aromatic heterocycles. The third-order valence-corrected chi connectivity index (χ3v) is 7.84. The first kappa shape index (κ1) is 28.9. The fraction of sp³-hybridized carbons (Fsp3) is 0.324. The monoisotopic (exact) mass is 567 g/mol. The summed E-state index contributed by atoms with van der Waals surface area (Å²) in [5.41, 5.74) is 4.25. The average molecular weight is 568 g/mol. The largest absolute Gasteiger partial charge is 0.505 e. The number of aryl methyl sites for hydroxylation is 2. The van der Waals surface area contributed by atoms with Crippen LogP contribution in [0.25, 0.3) is 11.4 Å². The molecular weight excluding hydrogens is 530 g/mol. The van der Waals surface area contributed by atoms with Gasteiger partial charge in [0.2, 0.25) is 0 Å². The molecule has 3 heterocycles. The first-order valence-corrected chi connectivity index (χ1v) is 14.4. The number of aromatic nitrogens is 2. The number of benzene rings is 2. The number of likely N-dealkylation sites (tertiary alicyclic amines) is 1. The van der Waals surface area contributed by atoms with Crippen molar-refractivity contribution in [1.82, 2.24) is 14.3 Å². The second kappa shape index (κ2) is 12.5. The van der Waals surface area contributed by atoms with E-state index in [1.54, 1.807) is 19.2 Å². The lowest BCUT2D eigenvalue weighted by atomic mass is 9.95. The smallest absolute Gasteiger partial charge is 0.295 e. The summed E-state index contributed by atoms with van der Waals surface area (Å²) < 4.78 is 13.5. The van der Waals surface area contributed by atoms with E-state index in [-0.39, 0.29) is 23.6 Å². The van der Waals surface area contributed by atoms with E-state index in [0.717, 1.165) is 30.4 Å². The second-order valence-corrected chi connectivity index (χ2v) is 10.6. The van der Waals surface area contributed by atoms with Gasteiger partial charge in [-0.2, -0.15) is 0 Å². The Labute approximate surface area is 246 Å². The number of hydrogen-bond acceptors (Lipinski definition) is 6. The Hall–Kier alpha value is -4.59. The van der Waals surface area contributed by atoms with Gasteiger partial charge in [0.1, 0.15) is 11.3 Å². The Bertz CT molecular complexity index is 1640. The summed E-state index contributed by atoms with van der Waals surface area (Å²) in [6.45, 7) is 6.76. The first-order valence-electron chi connectivity index (χ1n) is 14.4. The van der Waals surface area contributed by atoms with Crippen LogP contribution in [0.4, 0.5) is 0 Å². The molecule has 4 aromatic rings. The molecule has 2 aromatic carbocycles. The van der Waals surface area contributed by atoms with Crippen molar-refractivity contribution in [2.45, 2.75) is 52.5 Å². The minimum Gasteiger partial charge on any atom is -0.505 e. The van der Waals surface area contributed by atoms with Crippen LogP contribution in [0.2, 0.25) is 0 Å². The number of ether oxygens (including phenoxy) is 2. The van der Waals surface area contributed by atoms with Crippen molar-refractivity contribution < 1.29 is 24.2 Å². The summed E-state index contributed by atoms with van der Waals surface area (Å²) in [4.78, 5) is 33.4. The topological polar surface area (TPSA) is 93.4 Å². The van der Waals surface area contributed by atoms with E-state index in [1.165, 1.54) is 4.90 Å². The van der Waals surface area contributed by atoms with E-state index in [1.807, 2.05) is 73.0 Å². The zero-order chi connectivity index (χ0) is 29.8. The van der Waals surface area contributed by atoms with Gasteiger partial charge in [-0.1, -0.05) is 62.2 Å². The number of methoxy groups -OCH3 is 1. The van der Waals surface area contributed by atoms with Crippen molar-refractivity contribution in [2.24, 2.45) is 0 Å². The molecule has 1 aliphatic heterocycles. The summed E-state index contributed by atoms with van der Waals surface area (Å²) in [5.74, 6) is -0.603. The number of nitrogens with zero attached hydrogens (tertiary/aromatic N) is 3. The van der Waals surface area contributed by atoms with Crippen LogP contribution >= 0.6 is 0 Å². The molecule has 0 bridgehead atoms. The van der Waals surface area contributed by atoms with E-state index < -0.39 is 17.7 Å². The molecule has 0 radical (unpaired) electrons. The standard InChI is InChI=1S/C34H37N3O5/c1-5-6-10-20-42-26-16-15-25(21-27(26)41-4)30-28(31(38)29-23(3)36-18-11-12-22(2)33(36)35-29)32(39)34(40)37(30)19-17-24-13-8-7-9-14-24/h7-9,11-16,18,21,30,38H,5-6,10,17,19-20H2,1-4H3.